The maximum atomic E-state index is 5.66. The second kappa shape index (κ2) is 6.61. The zero-order valence-corrected chi connectivity index (χ0v) is 15.5. The van der Waals surface area contributed by atoms with Gasteiger partial charge in [-0.3, -0.25) is 9.55 Å². The van der Waals surface area contributed by atoms with Crippen LogP contribution in [0.1, 0.15) is 5.56 Å². The molecule has 0 fully saturated rings. The van der Waals surface area contributed by atoms with Gasteiger partial charge < -0.3 is 5.73 Å². The van der Waals surface area contributed by atoms with Crippen molar-refractivity contribution in [2.45, 2.75) is 6.42 Å². The van der Waals surface area contributed by atoms with E-state index in [2.05, 4.69) is 74.5 Å². The highest BCUT2D eigenvalue weighted by Gasteiger charge is 2.11. The van der Waals surface area contributed by atoms with Crippen LogP contribution in [0.15, 0.2) is 72.5 Å². The molecule has 5 heteroatoms. The largest absolute Gasteiger partial charge is 0.330 e. The highest BCUT2D eigenvalue weighted by atomic mass is 32.1. The third kappa shape index (κ3) is 2.81. The van der Waals surface area contributed by atoms with E-state index >= 15 is 0 Å². The van der Waals surface area contributed by atoms with Gasteiger partial charge in [-0.25, -0.2) is 4.98 Å². The van der Waals surface area contributed by atoms with Gasteiger partial charge in [0.25, 0.3) is 0 Å². The fourth-order valence-electron chi connectivity index (χ4n) is 3.48. The van der Waals surface area contributed by atoms with Crippen LogP contribution in [0.2, 0.25) is 0 Å². The number of imidazole rings is 1. The summed E-state index contributed by atoms with van der Waals surface area (Å²) in [5.41, 5.74) is 12.2. The lowest BCUT2D eigenvalue weighted by molar-refractivity contribution is 0.966. The van der Waals surface area contributed by atoms with Gasteiger partial charge >= 0.3 is 0 Å². The number of hydrogen-bond donors (Lipinski definition) is 1. The molecule has 0 bridgehead atoms. The van der Waals surface area contributed by atoms with Gasteiger partial charge in [-0.1, -0.05) is 24.3 Å². The number of hydrogen-bond acceptors (Lipinski definition) is 4. The van der Waals surface area contributed by atoms with E-state index in [4.69, 9.17) is 5.73 Å². The molecular formula is C22H18N4S. The number of nitrogens with two attached hydrogens (primary N) is 1. The van der Waals surface area contributed by atoms with E-state index in [9.17, 15) is 0 Å². The molecule has 4 nitrogen and oxygen atoms in total. The van der Waals surface area contributed by atoms with Crippen molar-refractivity contribution in [2.75, 3.05) is 6.54 Å². The van der Waals surface area contributed by atoms with E-state index in [1.54, 1.807) is 11.3 Å². The zero-order valence-electron chi connectivity index (χ0n) is 14.7. The van der Waals surface area contributed by atoms with Gasteiger partial charge in [0.1, 0.15) is 11.8 Å². The fraction of sp³-hybridized carbons (Fsp3) is 0.0909. The summed E-state index contributed by atoms with van der Waals surface area (Å²) in [6.45, 7) is 0.662. The summed E-state index contributed by atoms with van der Waals surface area (Å²) in [5.74, 6) is 0. The number of rotatable bonds is 4. The SMILES string of the molecule is NCCc1ccc(-n2cnc3cnc4ccc(-c5cccs5)cc4c32)cc1. The molecule has 2 aromatic carbocycles. The van der Waals surface area contributed by atoms with E-state index in [0.29, 0.717) is 6.54 Å². The number of fused-ring (bicyclic) bond motifs is 3. The summed E-state index contributed by atoms with van der Waals surface area (Å²) in [4.78, 5) is 10.4. The molecule has 3 aromatic heterocycles. The minimum absolute atomic E-state index is 0.662. The highest BCUT2D eigenvalue weighted by Crippen LogP contribution is 2.31. The molecule has 0 spiro atoms. The summed E-state index contributed by atoms with van der Waals surface area (Å²) >= 11 is 1.75. The van der Waals surface area contributed by atoms with Gasteiger partial charge in [-0.2, -0.15) is 0 Å². The predicted molar refractivity (Wildman–Crippen MR) is 112 cm³/mol. The summed E-state index contributed by atoms with van der Waals surface area (Å²) in [6, 6.07) is 19.2. The first-order chi connectivity index (χ1) is 13.3. The summed E-state index contributed by atoms with van der Waals surface area (Å²) in [5, 5.41) is 3.22. The Hall–Kier alpha value is -3.02. The standard InChI is InChI=1S/C22H18N4S/c23-10-9-15-3-6-17(7-4-15)26-14-25-20-13-24-19-8-5-16(12-18(19)22(20)26)21-2-1-11-27-21/h1-8,11-14H,9-10,23H2. The van der Waals surface area contributed by atoms with Crippen LogP contribution in [-0.2, 0) is 6.42 Å². The molecule has 0 radical (unpaired) electrons. The third-order valence-corrected chi connectivity index (χ3v) is 5.75. The Labute approximate surface area is 160 Å². The molecule has 132 valence electrons. The topological polar surface area (TPSA) is 56.7 Å². The number of nitrogens with zero attached hydrogens (tertiary/aromatic N) is 3. The Morgan fingerprint density at radius 1 is 0.963 bits per heavy atom. The lowest BCUT2D eigenvalue weighted by Crippen LogP contribution is -2.02. The number of pyridine rings is 1. The summed E-state index contributed by atoms with van der Waals surface area (Å²) in [6.07, 6.45) is 4.62. The Balaban J connectivity index is 1.72. The van der Waals surface area contributed by atoms with Gasteiger partial charge in [-0.15, -0.1) is 11.3 Å². The minimum Gasteiger partial charge on any atom is -0.330 e. The van der Waals surface area contributed by atoms with E-state index in [1.165, 1.54) is 16.0 Å². The Morgan fingerprint density at radius 3 is 2.63 bits per heavy atom. The van der Waals surface area contributed by atoms with Crippen LogP contribution in [0.4, 0.5) is 0 Å². The monoisotopic (exact) mass is 370 g/mol. The molecule has 0 amide bonds. The molecular weight excluding hydrogens is 352 g/mol. The molecule has 3 heterocycles. The second-order valence-corrected chi connectivity index (χ2v) is 7.47. The summed E-state index contributed by atoms with van der Waals surface area (Å²) < 4.78 is 2.14. The molecule has 2 N–H and O–H groups in total. The third-order valence-electron chi connectivity index (χ3n) is 4.83. The smallest absolute Gasteiger partial charge is 0.108 e. The van der Waals surface area contributed by atoms with Crippen molar-refractivity contribution >= 4 is 33.3 Å². The molecule has 5 rings (SSSR count). The van der Waals surface area contributed by atoms with Crippen molar-refractivity contribution in [1.82, 2.24) is 14.5 Å². The van der Waals surface area contributed by atoms with Crippen molar-refractivity contribution in [1.29, 1.82) is 0 Å². The average molecular weight is 370 g/mol. The Kier molecular flexibility index (Phi) is 3.96. The molecule has 0 aliphatic carbocycles. The van der Waals surface area contributed by atoms with Crippen LogP contribution in [0.3, 0.4) is 0 Å². The van der Waals surface area contributed by atoms with E-state index in [-0.39, 0.29) is 0 Å². The average Bonchev–Trinajstić information content (AvgIpc) is 3.39. The predicted octanol–water partition coefficient (Wildman–Crippen LogP) is 4.80. The first kappa shape index (κ1) is 16.2. The van der Waals surface area contributed by atoms with Crippen LogP contribution in [0.5, 0.6) is 0 Å². The van der Waals surface area contributed by atoms with Crippen LogP contribution < -0.4 is 5.73 Å². The molecule has 0 aliphatic heterocycles. The fourth-order valence-corrected chi connectivity index (χ4v) is 4.20. The number of benzene rings is 2. The van der Waals surface area contributed by atoms with Gasteiger partial charge in [0.2, 0.25) is 0 Å². The Bertz CT molecular complexity index is 1220. The molecule has 5 aromatic rings. The van der Waals surface area contributed by atoms with Crippen molar-refractivity contribution in [2.24, 2.45) is 5.73 Å². The Morgan fingerprint density at radius 2 is 1.85 bits per heavy atom. The van der Waals surface area contributed by atoms with Crippen molar-refractivity contribution in [3.63, 3.8) is 0 Å². The summed E-state index contributed by atoms with van der Waals surface area (Å²) in [7, 11) is 0. The van der Waals surface area contributed by atoms with E-state index < -0.39 is 0 Å². The zero-order chi connectivity index (χ0) is 18.2. The van der Waals surface area contributed by atoms with Crippen LogP contribution >= 0.6 is 11.3 Å². The van der Waals surface area contributed by atoms with Gasteiger partial charge in [0.15, 0.2) is 0 Å². The van der Waals surface area contributed by atoms with Crippen molar-refractivity contribution < 1.29 is 0 Å². The number of thiophene rings is 1. The number of aromatic nitrogens is 3. The maximum Gasteiger partial charge on any atom is 0.108 e. The molecule has 0 saturated carbocycles. The molecule has 27 heavy (non-hydrogen) atoms. The molecule has 0 saturated heterocycles. The first-order valence-electron chi connectivity index (χ1n) is 8.92. The van der Waals surface area contributed by atoms with Gasteiger partial charge in [0, 0.05) is 16.0 Å². The van der Waals surface area contributed by atoms with Gasteiger partial charge in [-0.05, 0) is 59.8 Å². The lowest BCUT2D eigenvalue weighted by Gasteiger charge is -2.09. The van der Waals surface area contributed by atoms with Crippen LogP contribution in [-0.4, -0.2) is 21.1 Å². The van der Waals surface area contributed by atoms with E-state index in [1.807, 2.05) is 12.5 Å². The van der Waals surface area contributed by atoms with Crippen molar-refractivity contribution in [3.8, 4) is 16.1 Å². The van der Waals surface area contributed by atoms with Gasteiger partial charge in [0.05, 0.1) is 17.2 Å². The van der Waals surface area contributed by atoms with Crippen LogP contribution in [0, 0.1) is 0 Å². The molecule has 0 aliphatic rings. The first-order valence-corrected chi connectivity index (χ1v) is 9.80. The quantitative estimate of drug-likeness (QED) is 0.494. The van der Waals surface area contributed by atoms with Crippen molar-refractivity contribution in [3.05, 3.63) is 78.1 Å². The lowest BCUT2D eigenvalue weighted by atomic mass is 10.1. The molecule has 0 atom stereocenters. The highest BCUT2D eigenvalue weighted by molar-refractivity contribution is 7.13. The second-order valence-electron chi connectivity index (χ2n) is 6.52. The van der Waals surface area contributed by atoms with Crippen LogP contribution in [0.25, 0.3) is 38.1 Å². The molecule has 0 unspecified atom stereocenters. The minimum atomic E-state index is 0.662. The normalized spacial score (nSPS) is 11.4. The maximum absolute atomic E-state index is 5.66. The van der Waals surface area contributed by atoms with E-state index in [0.717, 1.165) is 34.0 Å².